The monoisotopic (exact) mass is 378 g/mol. The van der Waals surface area contributed by atoms with Crippen molar-refractivity contribution in [3.05, 3.63) is 42.1 Å². The minimum Gasteiger partial charge on any atom is -0.346 e. The van der Waals surface area contributed by atoms with Gasteiger partial charge in [0.1, 0.15) is 0 Å². The summed E-state index contributed by atoms with van der Waals surface area (Å²) in [6, 6.07) is 10.4. The molecule has 0 aliphatic carbocycles. The van der Waals surface area contributed by atoms with Crippen LogP contribution in [0.2, 0.25) is 0 Å². The number of aryl methyl sites for hydroxylation is 1. The number of benzene rings is 1. The van der Waals surface area contributed by atoms with E-state index in [0.717, 1.165) is 29.3 Å². The highest BCUT2D eigenvalue weighted by atomic mass is 16.2. The Morgan fingerprint density at radius 1 is 1.29 bits per heavy atom. The van der Waals surface area contributed by atoms with Crippen LogP contribution in [0.5, 0.6) is 0 Å². The van der Waals surface area contributed by atoms with Gasteiger partial charge >= 0.3 is 0 Å². The molecule has 1 fully saturated rings. The highest BCUT2D eigenvalue weighted by Crippen LogP contribution is 2.23. The molecule has 1 aliphatic heterocycles. The molecule has 2 aromatic rings. The van der Waals surface area contributed by atoms with Crippen LogP contribution in [0, 0.1) is 11.3 Å². The summed E-state index contributed by atoms with van der Waals surface area (Å²) in [5.74, 6) is 0.0650. The Hall–Kier alpha value is -3.07. The number of hydrogen-bond acceptors (Lipinski definition) is 3. The zero-order valence-electron chi connectivity index (χ0n) is 16.5. The fraction of sp³-hybridized carbons (Fsp3) is 0.409. The molecule has 6 heteroatoms. The lowest BCUT2D eigenvalue weighted by atomic mass is 10.0. The van der Waals surface area contributed by atoms with Crippen LogP contribution in [0.3, 0.4) is 0 Å². The third-order valence-electron chi connectivity index (χ3n) is 5.51. The smallest absolute Gasteiger partial charge is 0.246 e. The van der Waals surface area contributed by atoms with Crippen LogP contribution in [0.1, 0.15) is 31.7 Å². The quantitative estimate of drug-likeness (QED) is 0.751. The molecule has 1 saturated heterocycles. The van der Waals surface area contributed by atoms with Crippen LogP contribution in [-0.4, -0.2) is 52.4 Å². The minimum atomic E-state index is -0.00205. The van der Waals surface area contributed by atoms with E-state index in [1.807, 2.05) is 48.5 Å². The first-order chi connectivity index (χ1) is 13.5. The number of carbonyl (C=O) groups excluding carboxylic acids is 2. The second-order valence-electron chi connectivity index (χ2n) is 7.22. The Morgan fingerprint density at radius 3 is 2.68 bits per heavy atom. The maximum absolute atomic E-state index is 12.6. The molecular formula is C22H26N4O2. The van der Waals surface area contributed by atoms with Gasteiger partial charge in [-0.2, -0.15) is 5.26 Å². The Labute approximate surface area is 165 Å². The van der Waals surface area contributed by atoms with Crippen molar-refractivity contribution in [3.63, 3.8) is 0 Å². The van der Waals surface area contributed by atoms with E-state index in [1.54, 1.807) is 17.9 Å². The van der Waals surface area contributed by atoms with Crippen LogP contribution >= 0.6 is 0 Å². The third-order valence-corrected chi connectivity index (χ3v) is 5.51. The standard InChI is InChI=1S/C22H26N4O2/c1-17(27)24(2)19-10-14-25(15-11-19)22(28)9-8-18-16-26(13-5-12-23)21-7-4-3-6-20(18)21/h3-4,6-9,16,19H,5,10-11,13-15H2,1-2H3/b9-8+. The van der Waals surface area contributed by atoms with Crippen molar-refractivity contribution in [3.8, 4) is 6.07 Å². The molecule has 0 bridgehead atoms. The van der Waals surface area contributed by atoms with Crippen molar-refractivity contribution < 1.29 is 9.59 Å². The van der Waals surface area contributed by atoms with Gasteiger partial charge in [0.2, 0.25) is 11.8 Å². The zero-order chi connectivity index (χ0) is 20.1. The predicted molar refractivity (Wildman–Crippen MR) is 109 cm³/mol. The number of aromatic nitrogens is 1. The molecule has 0 N–H and O–H groups in total. The van der Waals surface area contributed by atoms with Gasteiger partial charge in [0.25, 0.3) is 0 Å². The lowest BCUT2D eigenvalue weighted by Crippen LogP contribution is -2.46. The summed E-state index contributed by atoms with van der Waals surface area (Å²) in [6.45, 7) is 3.54. The van der Waals surface area contributed by atoms with Gasteiger partial charge in [-0.3, -0.25) is 9.59 Å². The highest BCUT2D eigenvalue weighted by molar-refractivity contribution is 5.96. The van der Waals surface area contributed by atoms with Gasteiger partial charge in [-0.1, -0.05) is 18.2 Å². The van der Waals surface area contributed by atoms with Crippen LogP contribution in [0.15, 0.2) is 36.5 Å². The molecule has 2 amide bonds. The SMILES string of the molecule is CC(=O)N(C)C1CCN(C(=O)/C=C/c2cn(CCC#N)c3ccccc23)CC1. The maximum Gasteiger partial charge on any atom is 0.246 e. The van der Waals surface area contributed by atoms with E-state index in [0.29, 0.717) is 26.1 Å². The minimum absolute atomic E-state index is 0.00205. The van der Waals surface area contributed by atoms with E-state index in [4.69, 9.17) is 5.26 Å². The topological polar surface area (TPSA) is 69.3 Å². The average Bonchev–Trinajstić information content (AvgIpc) is 3.07. The molecule has 0 radical (unpaired) electrons. The van der Waals surface area contributed by atoms with Crippen molar-refractivity contribution in [2.24, 2.45) is 0 Å². The summed E-state index contributed by atoms with van der Waals surface area (Å²) in [5, 5.41) is 9.94. The van der Waals surface area contributed by atoms with E-state index in [2.05, 4.69) is 10.6 Å². The number of nitrogens with zero attached hydrogens (tertiary/aromatic N) is 4. The number of rotatable bonds is 5. The Morgan fingerprint density at radius 2 is 2.00 bits per heavy atom. The van der Waals surface area contributed by atoms with Crippen LogP contribution in [0.25, 0.3) is 17.0 Å². The third kappa shape index (κ3) is 4.25. The first kappa shape index (κ1) is 19.7. The van der Waals surface area contributed by atoms with E-state index in [-0.39, 0.29) is 17.9 Å². The molecule has 2 heterocycles. The Kier molecular flexibility index (Phi) is 6.15. The summed E-state index contributed by atoms with van der Waals surface area (Å²) in [4.78, 5) is 27.7. The lowest BCUT2D eigenvalue weighted by molar-refractivity contribution is -0.132. The van der Waals surface area contributed by atoms with E-state index < -0.39 is 0 Å². The van der Waals surface area contributed by atoms with Gasteiger partial charge in [-0.05, 0) is 25.0 Å². The summed E-state index contributed by atoms with van der Waals surface area (Å²) in [6.07, 6.45) is 7.56. The van der Waals surface area contributed by atoms with Gasteiger partial charge in [-0.25, -0.2) is 0 Å². The van der Waals surface area contributed by atoms with Gasteiger partial charge in [0.05, 0.1) is 12.5 Å². The number of hydrogen-bond donors (Lipinski definition) is 0. The summed E-state index contributed by atoms with van der Waals surface area (Å²) >= 11 is 0. The molecule has 3 rings (SSSR count). The summed E-state index contributed by atoms with van der Waals surface area (Å²) < 4.78 is 2.06. The second kappa shape index (κ2) is 8.75. The number of nitriles is 1. The van der Waals surface area contributed by atoms with E-state index in [9.17, 15) is 9.59 Å². The predicted octanol–water partition coefficient (Wildman–Crippen LogP) is 3.04. The zero-order valence-corrected chi connectivity index (χ0v) is 16.5. The molecule has 1 aliphatic rings. The summed E-state index contributed by atoms with van der Waals surface area (Å²) in [5.41, 5.74) is 2.05. The van der Waals surface area contributed by atoms with Gasteiger partial charge in [0, 0.05) is 68.4 Å². The van der Waals surface area contributed by atoms with Gasteiger partial charge in [0.15, 0.2) is 0 Å². The largest absolute Gasteiger partial charge is 0.346 e. The molecule has 1 aromatic heterocycles. The molecule has 28 heavy (non-hydrogen) atoms. The van der Waals surface area contributed by atoms with Crippen LogP contribution < -0.4 is 0 Å². The molecule has 6 nitrogen and oxygen atoms in total. The Bertz CT molecular complexity index is 930. The van der Waals surface area contributed by atoms with Crippen molar-refractivity contribution in [2.75, 3.05) is 20.1 Å². The molecule has 0 saturated carbocycles. The first-order valence-electron chi connectivity index (χ1n) is 9.66. The van der Waals surface area contributed by atoms with Crippen molar-refractivity contribution in [1.29, 1.82) is 5.26 Å². The number of para-hydroxylation sites is 1. The van der Waals surface area contributed by atoms with E-state index in [1.165, 1.54) is 0 Å². The fourth-order valence-corrected chi connectivity index (χ4v) is 3.76. The van der Waals surface area contributed by atoms with Gasteiger partial charge in [-0.15, -0.1) is 0 Å². The Balaban J connectivity index is 1.68. The number of likely N-dealkylation sites (tertiary alicyclic amines) is 1. The fourth-order valence-electron chi connectivity index (χ4n) is 3.76. The molecule has 0 atom stereocenters. The lowest BCUT2D eigenvalue weighted by Gasteiger charge is -2.36. The molecule has 1 aromatic carbocycles. The summed E-state index contributed by atoms with van der Waals surface area (Å²) in [7, 11) is 1.83. The maximum atomic E-state index is 12.6. The molecule has 0 unspecified atom stereocenters. The molecule has 146 valence electrons. The molecule has 0 spiro atoms. The van der Waals surface area contributed by atoms with Crippen LogP contribution in [0.4, 0.5) is 0 Å². The molecular weight excluding hydrogens is 352 g/mol. The van der Waals surface area contributed by atoms with Crippen molar-refractivity contribution in [1.82, 2.24) is 14.4 Å². The highest BCUT2D eigenvalue weighted by Gasteiger charge is 2.25. The van der Waals surface area contributed by atoms with Crippen molar-refractivity contribution >= 4 is 28.8 Å². The van der Waals surface area contributed by atoms with Crippen molar-refractivity contribution in [2.45, 2.75) is 38.8 Å². The second-order valence-corrected chi connectivity index (χ2v) is 7.22. The normalized spacial score (nSPS) is 15.1. The van der Waals surface area contributed by atoms with E-state index >= 15 is 0 Å². The van der Waals surface area contributed by atoms with Crippen LogP contribution in [-0.2, 0) is 16.1 Å². The number of amides is 2. The van der Waals surface area contributed by atoms with Gasteiger partial charge < -0.3 is 14.4 Å². The number of fused-ring (bicyclic) bond motifs is 1. The average molecular weight is 378 g/mol. The number of carbonyl (C=O) groups is 2. The first-order valence-corrected chi connectivity index (χ1v) is 9.66. The number of piperidine rings is 1.